The molecule has 5 heteroatoms. The summed E-state index contributed by atoms with van der Waals surface area (Å²) in [7, 11) is -0.805. The zero-order valence-electron chi connectivity index (χ0n) is 8.37. The average Bonchev–Trinajstić information content (AvgIpc) is 2.02. The van der Waals surface area contributed by atoms with Crippen LogP contribution in [-0.2, 0) is 9.84 Å². The van der Waals surface area contributed by atoms with Crippen molar-refractivity contribution in [3.8, 4) is 0 Å². The molecule has 0 aromatic carbocycles. The van der Waals surface area contributed by atoms with Crippen molar-refractivity contribution in [2.75, 3.05) is 25.1 Å². The monoisotopic (exact) mass is 237 g/mol. The second-order valence-electron chi connectivity index (χ2n) is 3.82. The van der Waals surface area contributed by atoms with Crippen molar-refractivity contribution in [2.24, 2.45) is 0 Å². The summed E-state index contributed by atoms with van der Waals surface area (Å²) >= 11 is 5.69. The minimum Gasteiger partial charge on any atom is -0.298 e. The highest BCUT2D eigenvalue weighted by Gasteiger charge is 2.25. The molecule has 0 aromatic heterocycles. The minimum atomic E-state index is -2.76. The predicted octanol–water partition coefficient (Wildman–Crippen LogP) is 1.25. The number of sulfone groups is 1. The lowest BCUT2D eigenvalue weighted by Crippen LogP contribution is -2.39. The van der Waals surface area contributed by atoms with Crippen LogP contribution in [0.4, 0.5) is 0 Å². The topological polar surface area (TPSA) is 37.4 Å². The molecule has 1 fully saturated rings. The number of hydrogen-bond acceptors (Lipinski definition) is 3. The Morgan fingerprint density at radius 1 is 1.50 bits per heavy atom. The molecule has 0 unspecified atom stereocenters. The van der Waals surface area contributed by atoms with Gasteiger partial charge in [0.25, 0.3) is 0 Å². The molecular formula is C9H16ClNO2S. The van der Waals surface area contributed by atoms with E-state index in [1.54, 1.807) is 0 Å². The molecule has 1 aliphatic heterocycles. The van der Waals surface area contributed by atoms with Gasteiger partial charge in [0.05, 0.1) is 11.5 Å². The largest absolute Gasteiger partial charge is 0.298 e. The summed E-state index contributed by atoms with van der Waals surface area (Å²) in [6.45, 7) is 4.26. The third-order valence-electron chi connectivity index (χ3n) is 2.57. The van der Waals surface area contributed by atoms with Crippen LogP contribution in [-0.4, -0.2) is 44.5 Å². The number of rotatable bonds is 3. The van der Waals surface area contributed by atoms with Gasteiger partial charge in [0.2, 0.25) is 0 Å². The molecule has 0 spiro atoms. The summed E-state index contributed by atoms with van der Waals surface area (Å²) in [6, 6.07) is 0.328. The molecule has 1 aliphatic rings. The first-order valence-corrected chi connectivity index (χ1v) is 6.84. The zero-order chi connectivity index (χ0) is 10.8. The van der Waals surface area contributed by atoms with Crippen LogP contribution in [0.3, 0.4) is 0 Å². The highest BCUT2D eigenvalue weighted by atomic mass is 35.5. The second kappa shape index (κ2) is 4.64. The first-order chi connectivity index (χ1) is 6.41. The molecule has 1 saturated heterocycles. The fourth-order valence-corrected chi connectivity index (χ4v) is 3.37. The van der Waals surface area contributed by atoms with E-state index in [0.717, 1.165) is 0 Å². The fourth-order valence-electron chi connectivity index (χ4n) is 1.72. The molecule has 0 radical (unpaired) electrons. The molecular weight excluding hydrogens is 222 g/mol. The van der Waals surface area contributed by atoms with Gasteiger partial charge in [-0.15, -0.1) is 0 Å². The quantitative estimate of drug-likeness (QED) is 0.742. The molecule has 14 heavy (non-hydrogen) atoms. The maximum atomic E-state index is 11.2. The maximum absolute atomic E-state index is 11.2. The molecule has 0 aromatic rings. The van der Waals surface area contributed by atoms with E-state index in [2.05, 4.69) is 11.5 Å². The van der Waals surface area contributed by atoms with E-state index in [-0.39, 0.29) is 0 Å². The Morgan fingerprint density at radius 2 is 2.00 bits per heavy atom. The van der Waals surface area contributed by atoms with Gasteiger partial charge in [0.1, 0.15) is 9.84 Å². The molecule has 0 N–H and O–H groups in total. The first kappa shape index (κ1) is 12.0. The Kier molecular flexibility index (Phi) is 3.98. The van der Waals surface area contributed by atoms with Crippen LogP contribution < -0.4 is 0 Å². The summed E-state index contributed by atoms with van der Waals surface area (Å²) in [5.74, 6) is 0.605. The zero-order valence-corrected chi connectivity index (χ0v) is 9.94. The van der Waals surface area contributed by atoms with Gasteiger partial charge < -0.3 is 0 Å². The second-order valence-corrected chi connectivity index (χ2v) is 6.65. The lowest BCUT2D eigenvalue weighted by atomic mass is 10.1. The van der Waals surface area contributed by atoms with Crippen LogP contribution in [0, 0.1) is 0 Å². The Bertz CT molecular complexity index is 299. The fraction of sp³-hybridized carbons (Fsp3) is 0.778. The van der Waals surface area contributed by atoms with Crippen molar-refractivity contribution in [3.63, 3.8) is 0 Å². The van der Waals surface area contributed by atoms with Gasteiger partial charge in [-0.05, 0) is 19.9 Å². The van der Waals surface area contributed by atoms with Crippen LogP contribution in [0.1, 0.15) is 12.8 Å². The summed E-state index contributed by atoms with van der Waals surface area (Å²) < 4.78 is 22.4. The molecule has 0 bridgehead atoms. The van der Waals surface area contributed by atoms with E-state index in [4.69, 9.17) is 11.6 Å². The number of hydrogen-bond donors (Lipinski definition) is 0. The molecule has 1 heterocycles. The van der Waals surface area contributed by atoms with E-state index in [9.17, 15) is 8.42 Å². The van der Waals surface area contributed by atoms with Crippen molar-refractivity contribution in [3.05, 3.63) is 11.6 Å². The van der Waals surface area contributed by atoms with E-state index in [0.29, 0.717) is 42.0 Å². The van der Waals surface area contributed by atoms with Crippen LogP contribution in [0.5, 0.6) is 0 Å². The van der Waals surface area contributed by atoms with Gasteiger partial charge in [-0.1, -0.05) is 18.2 Å². The van der Waals surface area contributed by atoms with Gasteiger partial charge in [0, 0.05) is 17.6 Å². The van der Waals surface area contributed by atoms with Crippen molar-refractivity contribution in [2.45, 2.75) is 18.9 Å². The van der Waals surface area contributed by atoms with Crippen molar-refractivity contribution >= 4 is 21.4 Å². The molecule has 0 atom stereocenters. The standard InChI is InChI=1S/C9H16ClNO2S/c1-8(10)7-11(2)9-3-5-14(12,13)6-4-9/h9H,1,3-7H2,2H3. The Hall–Kier alpha value is -0.0600. The third kappa shape index (κ3) is 3.59. The van der Waals surface area contributed by atoms with Gasteiger partial charge in [0.15, 0.2) is 0 Å². The van der Waals surface area contributed by atoms with Crippen LogP contribution in [0.15, 0.2) is 11.6 Å². The highest BCUT2D eigenvalue weighted by molar-refractivity contribution is 7.91. The van der Waals surface area contributed by atoms with Gasteiger partial charge in [-0.25, -0.2) is 8.42 Å². The molecule has 3 nitrogen and oxygen atoms in total. The predicted molar refractivity (Wildman–Crippen MR) is 59.3 cm³/mol. The van der Waals surface area contributed by atoms with Gasteiger partial charge in [-0.2, -0.15) is 0 Å². The molecule has 0 saturated carbocycles. The number of halogens is 1. The molecule has 0 aliphatic carbocycles. The lowest BCUT2D eigenvalue weighted by molar-refractivity contribution is 0.247. The van der Waals surface area contributed by atoms with Crippen molar-refractivity contribution in [1.29, 1.82) is 0 Å². The summed E-state index contributed by atoms with van der Waals surface area (Å²) in [6.07, 6.45) is 1.42. The Labute approximate surface area is 90.7 Å². The third-order valence-corrected chi connectivity index (χ3v) is 4.40. The Morgan fingerprint density at radius 3 is 2.43 bits per heavy atom. The van der Waals surface area contributed by atoms with Crippen molar-refractivity contribution in [1.82, 2.24) is 4.90 Å². The first-order valence-electron chi connectivity index (χ1n) is 4.64. The van der Waals surface area contributed by atoms with Crippen LogP contribution in [0.25, 0.3) is 0 Å². The van der Waals surface area contributed by atoms with E-state index >= 15 is 0 Å². The summed E-state index contributed by atoms with van der Waals surface area (Å²) in [5.41, 5.74) is 0. The van der Waals surface area contributed by atoms with Crippen LogP contribution >= 0.6 is 11.6 Å². The van der Waals surface area contributed by atoms with E-state index < -0.39 is 9.84 Å². The molecule has 0 amide bonds. The normalized spacial score (nSPS) is 22.5. The molecule has 82 valence electrons. The van der Waals surface area contributed by atoms with E-state index in [1.165, 1.54) is 0 Å². The molecule has 1 rings (SSSR count). The average molecular weight is 238 g/mol. The smallest absolute Gasteiger partial charge is 0.150 e. The number of nitrogens with zero attached hydrogens (tertiary/aromatic N) is 1. The lowest BCUT2D eigenvalue weighted by Gasteiger charge is -2.30. The van der Waals surface area contributed by atoms with Gasteiger partial charge >= 0.3 is 0 Å². The minimum absolute atomic E-state index is 0.302. The van der Waals surface area contributed by atoms with Crippen molar-refractivity contribution < 1.29 is 8.42 Å². The maximum Gasteiger partial charge on any atom is 0.150 e. The van der Waals surface area contributed by atoms with E-state index in [1.807, 2.05) is 7.05 Å². The summed E-state index contributed by atoms with van der Waals surface area (Å²) in [4.78, 5) is 2.07. The number of likely N-dealkylation sites (N-methyl/N-ethyl adjacent to an activating group) is 1. The Balaban J connectivity index is 2.45. The van der Waals surface area contributed by atoms with Crippen LogP contribution in [0.2, 0.25) is 0 Å². The highest BCUT2D eigenvalue weighted by Crippen LogP contribution is 2.18. The van der Waals surface area contributed by atoms with Gasteiger partial charge in [-0.3, -0.25) is 4.90 Å². The summed E-state index contributed by atoms with van der Waals surface area (Å²) in [5, 5.41) is 0.598. The SMILES string of the molecule is C=C(Cl)CN(C)C1CCS(=O)(=O)CC1.